The third kappa shape index (κ3) is 5.15. The summed E-state index contributed by atoms with van der Waals surface area (Å²) >= 11 is 0. The van der Waals surface area contributed by atoms with Gasteiger partial charge in [0.15, 0.2) is 5.69 Å². The predicted molar refractivity (Wildman–Crippen MR) is 106 cm³/mol. The summed E-state index contributed by atoms with van der Waals surface area (Å²) in [6, 6.07) is 6.10. The molecule has 2 aliphatic rings. The molecule has 0 radical (unpaired) electrons. The molecule has 176 valence electrons. The number of hydrogen-bond acceptors (Lipinski definition) is 5. The Hall–Kier alpha value is -3.44. The number of likely N-dealkylation sites (tertiary alicyclic amines) is 1. The van der Waals surface area contributed by atoms with Gasteiger partial charge in [-0.25, -0.2) is 14.2 Å². The lowest BCUT2D eigenvalue weighted by molar-refractivity contribution is -0.192. The molecule has 12 heteroatoms. The normalized spacial score (nSPS) is 18.7. The highest BCUT2D eigenvalue weighted by molar-refractivity contribution is 5.92. The van der Waals surface area contributed by atoms with Crippen LogP contribution in [0.25, 0.3) is 11.0 Å². The molecular formula is C21H20F4N4O4. The van der Waals surface area contributed by atoms with Gasteiger partial charge in [-0.05, 0) is 50.3 Å². The highest BCUT2D eigenvalue weighted by Gasteiger charge is 2.38. The van der Waals surface area contributed by atoms with E-state index in [2.05, 4.69) is 15.1 Å². The van der Waals surface area contributed by atoms with Crippen molar-refractivity contribution in [3.05, 3.63) is 47.4 Å². The van der Waals surface area contributed by atoms with Gasteiger partial charge in [-0.2, -0.15) is 13.2 Å². The van der Waals surface area contributed by atoms with Crippen LogP contribution >= 0.6 is 0 Å². The fourth-order valence-electron chi connectivity index (χ4n) is 3.72. The summed E-state index contributed by atoms with van der Waals surface area (Å²) in [5, 5.41) is 11.1. The fourth-order valence-corrected chi connectivity index (χ4v) is 3.72. The number of nitrogens with zero attached hydrogens (tertiary/aromatic N) is 3. The maximum atomic E-state index is 13.5. The third-order valence-corrected chi connectivity index (χ3v) is 5.51. The number of nitrogens with one attached hydrogen (secondary N) is 1. The van der Waals surface area contributed by atoms with E-state index in [1.54, 1.807) is 12.1 Å². The van der Waals surface area contributed by atoms with E-state index < -0.39 is 12.1 Å². The number of amides is 1. The van der Waals surface area contributed by atoms with Gasteiger partial charge >= 0.3 is 12.1 Å². The molecule has 1 saturated heterocycles. The summed E-state index contributed by atoms with van der Waals surface area (Å²) in [7, 11) is 0. The van der Waals surface area contributed by atoms with Crippen LogP contribution in [0.15, 0.2) is 28.8 Å². The number of imidazole rings is 1. The van der Waals surface area contributed by atoms with Crippen molar-refractivity contribution in [1.29, 1.82) is 0 Å². The van der Waals surface area contributed by atoms with Crippen molar-refractivity contribution in [1.82, 2.24) is 20.0 Å². The lowest BCUT2D eigenvalue weighted by atomic mass is 10.0. The van der Waals surface area contributed by atoms with Gasteiger partial charge < -0.3 is 19.5 Å². The van der Waals surface area contributed by atoms with Crippen molar-refractivity contribution < 1.29 is 36.8 Å². The molecule has 3 aromatic rings. The molecule has 0 spiro atoms. The van der Waals surface area contributed by atoms with Crippen molar-refractivity contribution in [2.45, 2.75) is 50.2 Å². The molecule has 1 unspecified atom stereocenters. The molecule has 5 rings (SSSR count). The van der Waals surface area contributed by atoms with Crippen molar-refractivity contribution in [2.24, 2.45) is 0 Å². The Bertz CT molecular complexity index is 1170. The second kappa shape index (κ2) is 8.83. The first-order chi connectivity index (χ1) is 15.6. The number of rotatable bonds is 3. The third-order valence-electron chi connectivity index (χ3n) is 5.51. The van der Waals surface area contributed by atoms with Gasteiger partial charge in [0.25, 0.3) is 5.91 Å². The average molecular weight is 468 g/mol. The number of aromatic amines is 1. The first kappa shape index (κ1) is 22.7. The zero-order valence-electron chi connectivity index (χ0n) is 17.2. The summed E-state index contributed by atoms with van der Waals surface area (Å²) in [5.41, 5.74) is 1.72. The van der Waals surface area contributed by atoms with Crippen LogP contribution in [0.5, 0.6) is 0 Å². The summed E-state index contributed by atoms with van der Waals surface area (Å²) in [4.78, 5) is 31.5. The number of piperidine rings is 1. The number of halogens is 4. The summed E-state index contributed by atoms with van der Waals surface area (Å²) in [6.07, 6.45) is -0.0901. The zero-order valence-corrected chi connectivity index (χ0v) is 17.2. The first-order valence-electron chi connectivity index (χ1n) is 10.4. The maximum Gasteiger partial charge on any atom is 0.490 e. The number of carbonyl (C=O) groups excluding carboxylic acids is 1. The van der Waals surface area contributed by atoms with Crippen molar-refractivity contribution in [3.8, 4) is 0 Å². The SMILES string of the molecule is O=C(O)C(F)(F)F.O=C(c1cc(C2CC2)on1)N1CCCCC1c1nc2ccc(F)cc2[nH]1. The smallest absolute Gasteiger partial charge is 0.475 e. The van der Waals surface area contributed by atoms with Gasteiger partial charge in [0.1, 0.15) is 17.4 Å². The van der Waals surface area contributed by atoms with E-state index >= 15 is 0 Å². The standard InChI is InChI=1S/C19H19FN4O2.C2HF3O2/c20-12-6-7-13-14(9-12)22-18(21-13)16-3-1-2-8-24(16)19(25)15-10-17(26-23-15)11-4-5-11;3-2(4,5)1(6)7/h6-7,9-11,16H,1-5,8H2,(H,21,22);(H,6,7). The number of carboxylic acids is 1. The number of hydrogen-bond donors (Lipinski definition) is 2. The Labute approximate surface area is 184 Å². The number of alkyl halides is 3. The van der Waals surface area contributed by atoms with Crippen molar-refractivity contribution >= 4 is 22.9 Å². The Morgan fingerprint density at radius 3 is 2.55 bits per heavy atom. The predicted octanol–water partition coefficient (Wildman–Crippen LogP) is 4.57. The van der Waals surface area contributed by atoms with Crippen LogP contribution in [0.4, 0.5) is 17.6 Å². The number of benzene rings is 1. The molecule has 2 fully saturated rings. The molecule has 1 amide bonds. The number of H-pyrrole nitrogens is 1. The molecule has 3 heterocycles. The number of aliphatic carboxylic acids is 1. The molecule has 1 atom stereocenters. The van der Waals surface area contributed by atoms with Gasteiger partial charge in [0, 0.05) is 18.5 Å². The maximum absolute atomic E-state index is 13.5. The van der Waals surface area contributed by atoms with Crippen LogP contribution in [0.2, 0.25) is 0 Å². The fraction of sp³-hybridized carbons (Fsp3) is 0.429. The average Bonchev–Trinajstić information content (AvgIpc) is 3.35. The largest absolute Gasteiger partial charge is 0.490 e. The molecule has 8 nitrogen and oxygen atoms in total. The molecule has 2 N–H and O–H groups in total. The van der Waals surface area contributed by atoms with Gasteiger partial charge in [0.05, 0.1) is 17.1 Å². The van der Waals surface area contributed by atoms with Crippen LogP contribution in [0.3, 0.4) is 0 Å². The molecular weight excluding hydrogens is 448 g/mol. The number of aromatic nitrogens is 3. The van der Waals surface area contributed by atoms with E-state index in [1.807, 2.05) is 4.90 Å². The van der Waals surface area contributed by atoms with Gasteiger partial charge in [-0.1, -0.05) is 5.16 Å². The number of carboxylic acid groups (broad SMARTS) is 1. The van der Waals surface area contributed by atoms with Crippen LogP contribution in [-0.4, -0.2) is 49.7 Å². The quantitative estimate of drug-likeness (QED) is 0.545. The summed E-state index contributed by atoms with van der Waals surface area (Å²) < 4.78 is 50.5. The van der Waals surface area contributed by atoms with Crippen molar-refractivity contribution in [3.63, 3.8) is 0 Å². The highest BCUT2D eigenvalue weighted by Crippen LogP contribution is 2.40. The van der Waals surface area contributed by atoms with E-state index in [0.717, 1.165) is 37.9 Å². The van der Waals surface area contributed by atoms with E-state index in [1.165, 1.54) is 12.1 Å². The Balaban J connectivity index is 0.000000325. The minimum absolute atomic E-state index is 0.128. The van der Waals surface area contributed by atoms with E-state index in [-0.39, 0.29) is 17.8 Å². The van der Waals surface area contributed by atoms with E-state index in [0.29, 0.717) is 35.0 Å². The van der Waals surface area contributed by atoms with E-state index in [4.69, 9.17) is 14.4 Å². The molecule has 0 bridgehead atoms. The van der Waals surface area contributed by atoms with Crippen LogP contribution in [-0.2, 0) is 4.79 Å². The second-order valence-electron chi connectivity index (χ2n) is 7.99. The molecule has 2 aromatic heterocycles. The Morgan fingerprint density at radius 1 is 1.15 bits per heavy atom. The lowest BCUT2D eigenvalue weighted by Crippen LogP contribution is -2.39. The lowest BCUT2D eigenvalue weighted by Gasteiger charge is -2.33. The molecule has 1 saturated carbocycles. The Morgan fingerprint density at radius 2 is 1.88 bits per heavy atom. The molecule has 33 heavy (non-hydrogen) atoms. The van der Waals surface area contributed by atoms with Gasteiger partial charge in [-0.3, -0.25) is 4.79 Å². The van der Waals surface area contributed by atoms with Crippen molar-refractivity contribution in [2.75, 3.05) is 6.54 Å². The molecule has 1 aromatic carbocycles. The summed E-state index contributed by atoms with van der Waals surface area (Å²) in [5.74, 6) is -1.26. The highest BCUT2D eigenvalue weighted by atomic mass is 19.4. The van der Waals surface area contributed by atoms with Crippen LogP contribution in [0.1, 0.15) is 66.1 Å². The molecule has 1 aliphatic carbocycles. The van der Waals surface area contributed by atoms with Gasteiger partial charge in [-0.15, -0.1) is 0 Å². The minimum Gasteiger partial charge on any atom is -0.475 e. The number of carbonyl (C=O) groups is 2. The zero-order chi connectivity index (χ0) is 23.8. The monoisotopic (exact) mass is 468 g/mol. The van der Waals surface area contributed by atoms with Crippen LogP contribution < -0.4 is 0 Å². The van der Waals surface area contributed by atoms with E-state index in [9.17, 15) is 22.4 Å². The second-order valence-corrected chi connectivity index (χ2v) is 7.99. The topological polar surface area (TPSA) is 112 Å². The van der Waals surface area contributed by atoms with Crippen LogP contribution in [0, 0.1) is 5.82 Å². The minimum atomic E-state index is -5.08. The first-order valence-corrected chi connectivity index (χ1v) is 10.4. The summed E-state index contributed by atoms with van der Waals surface area (Å²) in [6.45, 7) is 0.653. The Kier molecular flexibility index (Phi) is 6.09. The number of fused-ring (bicyclic) bond motifs is 1. The molecule has 1 aliphatic heterocycles. The van der Waals surface area contributed by atoms with Gasteiger partial charge in [0.2, 0.25) is 0 Å².